The minimum atomic E-state index is -1.48. The van der Waals surface area contributed by atoms with Gasteiger partial charge in [0, 0.05) is 11.1 Å². The van der Waals surface area contributed by atoms with Crippen LogP contribution in [0.4, 0.5) is 0 Å². The number of aliphatic hydroxyl groups excluding tert-OH is 1. The number of carboxylic acids is 1. The molecule has 0 saturated carbocycles. The number of hydrogen-bond acceptors (Lipinski definition) is 4. The van der Waals surface area contributed by atoms with Crippen molar-refractivity contribution >= 4 is 17.3 Å². The highest BCUT2D eigenvalue weighted by Crippen LogP contribution is 2.18. The first-order valence-electron chi connectivity index (χ1n) is 2.94. The third kappa shape index (κ3) is 1.75. The predicted molar refractivity (Wildman–Crippen MR) is 39.4 cm³/mol. The van der Waals surface area contributed by atoms with Crippen molar-refractivity contribution in [2.75, 3.05) is 0 Å². The topological polar surface area (TPSA) is 70.4 Å². The molecule has 1 rings (SSSR count). The summed E-state index contributed by atoms with van der Waals surface area (Å²) in [6.45, 7) is 1.80. The number of aliphatic hydroxyl groups is 1. The number of nitrogens with zero attached hydrogens (tertiary/aromatic N) is 1. The van der Waals surface area contributed by atoms with Gasteiger partial charge in [-0.05, 0) is 6.92 Å². The van der Waals surface area contributed by atoms with E-state index in [1.54, 1.807) is 6.92 Å². The normalized spacial score (nSPS) is 12.9. The second-order valence-corrected chi connectivity index (χ2v) is 3.32. The smallest absolute Gasteiger partial charge is 0.339 e. The number of carboxylic acid groups (broad SMARTS) is 1. The SMILES string of the molecule is Cc1cnc(C(O)C(=O)O)s1. The largest absolute Gasteiger partial charge is 0.479 e. The van der Waals surface area contributed by atoms with Crippen molar-refractivity contribution in [3.8, 4) is 0 Å². The van der Waals surface area contributed by atoms with E-state index in [1.807, 2.05) is 0 Å². The molecule has 60 valence electrons. The maximum absolute atomic E-state index is 10.2. The Hall–Kier alpha value is -0.940. The van der Waals surface area contributed by atoms with Gasteiger partial charge < -0.3 is 10.2 Å². The van der Waals surface area contributed by atoms with Gasteiger partial charge >= 0.3 is 5.97 Å². The molecular weight excluding hydrogens is 166 g/mol. The van der Waals surface area contributed by atoms with Crippen LogP contribution in [0.3, 0.4) is 0 Å². The summed E-state index contributed by atoms with van der Waals surface area (Å²) in [5.41, 5.74) is 0. The molecule has 1 unspecified atom stereocenters. The lowest BCUT2D eigenvalue weighted by atomic mass is 10.4. The maximum atomic E-state index is 10.2. The second-order valence-electron chi connectivity index (χ2n) is 2.05. The summed E-state index contributed by atoms with van der Waals surface area (Å²) < 4.78 is 0. The van der Waals surface area contributed by atoms with Gasteiger partial charge in [-0.25, -0.2) is 9.78 Å². The minimum Gasteiger partial charge on any atom is -0.479 e. The lowest BCUT2D eigenvalue weighted by molar-refractivity contribution is -0.146. The minimum absolute atomic E-state index is 0.231. The van der Waals surface area contributed by atoms with Crippen LogP contribution in [-0.2, 0) is 4.79 Å². The highest BCUT2D eigenvalue weighted by atomic mass is 32.1. The number of rotatable bonds is 2. The molecule has 0 bridgehead atoms. The lowest BCUT2D eigenvalue weighted by Crippen LogP contribution is -2.09. The molecule has 0 amide bonds. The molecule has 2 N–H and O–H groups in total. The molecule has 0 spiro atoms. The van der Waals surface area contributed by atoms with Gasteiger partial charge in [-0.2, -0.15) is 0 Å². The molecule has 0 aliphatic rings. The van der Waals surface area contributed by atoms with Gasteiger partial charge in [-0.15, -0.1) is 11.3 Å². The zero-order chi connectivity index (χ0) is 8.43. The Labute approximate surface area is 67.1 Å². The molecule has 11 heavy (non-hydrogen) atoms. The number of aliphatic carboxylic acids is 1. The summed E-state index contributed by atoms with van der Waals surface area (Å²) in [5.74, 6) is -1.26. The van der Waals surface area contributed by atoms with E-state index in [-0.39, 0.29) is 5.01 Å². The molecule has 1 heterocycles. The van der Waals surface area contributed by atoms with Gasteiger partial charge in [0.05, 0.1) is 0 Å². The monoisotopic (exact) mass is 173 g/mol. The molecule has 5 heteroatoms. The van der Waals surface area contributed by atoms with Crippen LogP contribution < -0.4 is 0 Å². The van der Waals surface area contributed by atoms with E-state index in [0.717, 1.165) is 4.88 Å². The Bertz CT molecular complexity index is 271. The van der Waals surface area contributed by atoms with Crippen LogP contribution in [-0.4, -0.2) is 21.2 Å². The van der Waals surface area contributed by atoms with E-state index in [1.165, 1.54) is 17.5 Å². The summed E-state index contributed by atoms with van der Waals surface area (Å²) >= 11 is 1.18. The third-order valence-corrected chi connectivity index (χ3v) is 2.07. The van der Waals surface area contributed by atoms with Crippen molar-refractivity contribution in [1.82, 2.24) is 4.98 Å². The zero-order valence-corrected chi connectivity index (χ0v) is 6.63. The Balaban J connectivity index is 2.84. The van der Waals surface area contributed by atoms with E-state index in [0.29, 0.717) is 0 Å². The molecule has 0 aromatic carbocycles. The van der Waals surface area contributed by atoms with Gasteiger partial charge in [-0.1, -0.05) is 0 Å². The number of carbonyl (C=O) groups is 1. The average molecular weight is 173 g/mol. The number of hydrogen-bond donors (Lipinski definition) is 2. The molecule has 0 radical (unpaired) electrons. The molecule has 1 aromatic rings. The first-order valence-corrected chi connectivity index (χ1v) is 3.76. The number of thiazole rings is 1. The average Bonchev–Trinajstić information content (AvgIpc) is 2.34. The first-order chi connectivity index (χ1) is 5.11. The van der Waals surface area contributed by atoms with Crippen molar-refractivity contribution in [3.05, 3.63) is 16.1 Å². The maximum Gasteiger partial charge on any atom is 0.339 e. The highest BCUT2D eigenvalue weighted by Gasteiger charge is 2.18. The molecule has 1 aromatic heterocycles. The molecule has 1 atom stereocenters. The van der Waals surface area contributed by atoms with Gasteiger partial charge in [-0.3, -0.25) is 0 Å². The number of aromatic nitrogens is 1. The number of aryl methyl sites for hydroxylation is 1. The lowest BCUT2D eigenvalue weighted by Gasteiger charge is -1.97. The van der Waals surface area contributed by atoms with Crippen molar-refractivity contribution in [2.45, 2.75) is 13.0 Å². The summed E-state index contributed by atoms with van der Waals surface area (Å²) in [7, 11) is 0. The molecular formula is C6H7NO3S. The van der Waals surface area contributed by atoms with Gasteiger partial charge in [0.2, 0.25) is 6.10 Å². The Morgan fingerprint density at radius 3 is 2.82 bits per heavy atom. The second kappa shape index (κ2) is 2.98. The quantitative estimate of drug-likeness (QED) is 0.685. The van der Waals surface area contributed by atoms with Crippen LogP contribution in [0.15, 0.2) is 6.20 Å². The fourth-order valence-electron chi connectivity index (χ4n) is 0.604. The molecule has 4 nitrogen and oxygen atoms in total. The van der Waals surface area contributed by atoms with Gasteiger partial charge in [0.1, 0.15) is 5.01 Å². The Morgan fingerprint density at radius 2 is 2.45 bits per heavy atom. The van der Waals surface area contributed by atoms with Crippen molar-refractivity contribution < 1.29 is 15.0 Å². The standard InChI is InChI=1S/C6H7NO3S/c1-3-2-7-5(11-3)4(8)6(9)10/h2,4,8H,1H3,(H,9,10). The van der Waals surface area contributed by atoms with Gasteiger partial charge in [0.25, 0.3) is 0 Å². The predicted octanol–water partition coefficient (Wildman–Crippen LogP) is 0.570. The van der Waals surface area contributed by atoms with Crippen LogP contribution in [0.5, 0.6) is 0 Å². The van der Waals surface area contributed by atoms with E-state index >= 15 is 0 Å². The summed E-state index contributed by atoms with van der Waals surface area (Å²) in [4.78, 5) is 14.8. The van der Waals surface area contributed by atoms with Crippen molar-refractivity contribution in [1.29, 1.82) is 0 Å². The molecule has 0 aliphatic carbocycles. The Kier molecular flexibility index (Phi) is 2.21. The molecule has 0 aliphatic heterocycles. The first kappa shape index (κ1) is 8.16. The van der Waals surface area contributed by atoms with Crippen LogP contribution in [0.2, 0.25) is 0 Å². The van der Waals surface area contributed by atoms with E-state index < -0.39 is 12.1 Å². The third-order valence-electron chi connectivity index (χ3n) is 1.11. The van der Waals surface area contributed by atoms with E-state index in [2.05, 4.69) is 4.98 Å². The van der Waals surface area contributed by atoms with Crippen molar-refractivity contribution in [2.24, 2.45) is 0 Å². The summed E-state index contributed by atoms with van der Waals surface area (Å²) in [6, 6.07) is 0. The summed E-state index contributed by atoms with van der Waals surface area (Å²) in [5, 5.41) is 17.6. The fraction of sp³-hybridized carbons (Fsp3) is 0.333. The Morgan fingerprint density at radius 1 is 1.82 bits per heavy atom. The van der Waals surface area contributed by atoms with E-state index in [9.17, 15) is 4.79 Å². The molecule has 0 fully saturated rings. The van der Waals surface area contributed by atoms with Crippen LogP contribution in [0, 0.1) is 6.92 Å². The van der Waals surface area contributed by atoms with Gasteiger partial charge in [0.15, 0.2) is 0 Å². The zero-order valence-electron chi connectivity index (χ0n) is 5.81. The van der Waals surface area contributed by atoms with E-state index in [4.69, 9.17) is 10.2 Å². The summed E-state index contributed by atoms with van der Waals surface area (Å²) in [6.07, 6.45) is 0.0558. The highest BCUT2D eigenvalue weighted by molar-refractivity contribution is 7.11. The molecule has 0 saturated heterocycles. The van der Waals surface area contributed by atoms with Crippen LogP contribution in [0.1, 0.15) is 16.0 Å². The van der Waals surface area contributed by atoms with Crippen LogP contribution in [0.25, 0.3) is 0 Å². The van der Waals surface area contributed by atoms with Crippen LogP contribution >= 0.6 is 11.3 Å². The fourth-order valence-corrected chi connectivity index (χ4v) is 1.36. The van der Waals surface area contributed by atoms with Crippen molar-refractivity contribution in [3.63, 3.8) is 0 Å².